The topological polar surface area (TPSA) is 97.6 Å². The maximum absolute atomic E-state index is 12.9. The van der Waals surface area contributed by atoms with Gasteiger partial charge in [0.1, 0.15) is 12.4 Å². The Balaban J connectivity index is 1.44. The first-order chi connectivity index (χ1) is 15.1. The summed E-state index contributed by atoms with van der Waals surface area (Å²) in [4.78, 5) is 30.9. The number of primary amides is 1. The molecule has 0 spiro atoms. The summed E-state index contributed by atoms with van der Waals surface area (Å²) in [7, 11) is 0. The summed E-state index contributed by atoms with van der Waals surface area (Å²) in [6, 6.07) is 14.4. The third-order valence-electron chi connectivity index (χ3n) is 5.30. The lowest BCUT2D eigenvalue weighted by atomic mass is 10.1. The molecule has 160 valence electrons. The molecule has 7 nitrogen and oxygen atoms in total. The Morgan fingerprint density at radius 1 is 1.23 bits per heavy atom. The van der Waals surface area contributed by atoms with E-state index in [4.69, 9.17) is 10.5 Å². The lowest BCUT2D eigenvalue weighted by Crippen LogP contribution is -2.39. The lowest BCUT2D eigenvalue weighted by Gasteiger charge is -2.23. The molecule has 1 unspecified atom stereocenters. The number of likely N-dealkylation sites (tertiary alicyclic amines) is 1. The molecule has 31 heavy (non-hydrogen) atoms. The Morgan fingerprint density at radius 2 is 2.10 bits per heavy atom. The highest BCUT2D eigenvalue weighted by atomic mass is 32.1. The second-order valence-corrected chi connectivity index (χ2v) is 8.16. The van der Waals surface area contributed by atoms with E-state index in [9.17, 15) is 9.59 Å². The molecular weight excluding hydrogens is 412 g/mol. The number of nitrogens with one attached hydrogen (secondary N) is 1. The highest BCUT2D eigenvalue weighted by molar-refractivity contribution is 7.07. The van der Waals surface area contributed by atoms with Gasteiger partial charge in [0.2, 0.25) is 5.91 Å². The van der Waals surface area contributed by atoms with Gasteiger partial charge in [-0.2, -0.15) is 0 Å². The summed E-state index contributed by atoms with van der Waals surface area (Å²) >= 11 is 1.51. The molecule has 1 aliphatic heterocycles. The average molecular weight is 437 g/mol. The van der Waals surface area contributed by atoms with E-state index in [0.29, 0.717) is 24.5 Å². The number of nitrogens with two attached hydrogens (primary N) is 1. The van der Waals surface area contributed by atoms with Crippen molar-refractivity contribution >= 4 is 28.8 Å². The summed E-state index contributed by atoms with van der Waals surface area (Å²) in [5.41, 5.74) is 10.3. The fraction of sp³-hybridized carbons (Fsp3) is 0.261. The van der Waals surface area contributed by atoms with E-state index in [2.05, 4.69) is 15.2 Å². The number of amides is 2. The maximum Gasteiger partial charge on any atom is 0.255 e. The van der Waals surface area contributed by atoms with Gasteiger partial charge in [0.05, 0.1) is 17.2 Å². The minimum Gasteiger partial charge on any atom is -0.487 e. The van der Waals surface area contributed by atoms with E-state index in [1.807, 2.05) is 35.7 Å². The van der Waals surface area contributed by atoms with Crippen LogP contribution in [0.4, 0.5) is 5.69 Å². The van der Waals surface area contributed by atoms with Gasteiger partial charge in [-0.05, 0) is 49.2 Å². The van der Waals surface area contributed by atoms with E-state index in [1.54, 1.807) is 23.7 Å². The predicted octanol–water partition coefficient (Wildman–Crippen LogP) is 3.42. The van der Waals surface area contributed by atoms with Crippen LogP contribution in [-0.2, 0) is 17.9 Å². The number of para-hydroxylation sites is 1. The number of anilines is 1. The van der Waals surface area contributed by atoms with Gasteiger partial charge in [0.25, 0.3) is 5.91 Å². The predicted molar refractivity (Wildman–Crippen MR) is 120 cm³/mol. The van der Waals surface area contributed by atoms with Crippen LogP contribution in [0.1, 0.15) is 34.5 Å². The molecule has 0 bridgehead atoms. The van der Waals surface area contributed by atoms with Crippen LogP contribution in [0.5, 0.6) is 5.75 Å². The summed E-state index contributed by atoms with van der Waals surface area (Å²) in [5.74, 6) is 0.0863. The van der Waals surface area contributed by atoms with E-state index in [0.717, 1.165) is 36.3 Å². The number of aromatic nitrogens is 1. The number of hydrogen-bond acceptors (Lipinski definition) is 6. The average Bonchev–Trinajstić information content (AvgIpc) is 3.46. The molecule has 0 radical (unpaired) electrons. The Bertz CT molecular complexity index is 1050. The lowest BCUT2D eigenvalue weighted by molar-refractivity contribution is -0.122. The van der Waals surface area contributed by atoms with E-state index < -0.39 is 0 Å². The zero-order valence-corrected chi connectivity index (χ0v) is 17.8. The van der Waals surface area contributed by atoms with Crippen molar-refractivity contribution in [2.24, 2.45) is 5.73 Å². The Hall–Kier alpha value is -3.23. The van der Waals surface area contributed by atoms with Crippen LogP contribution in [0.15, 0.2) is 59.4 Å². The summed E-state index contributed by atoms with van der Waals surface area (Å²) < 4.78 is 5.75. The molecular formula is C23H24N4O3S. The first-order valence-corrected chi connectivity index (χ1v) is 11.1. The Labute approximate surface area is 184 Å². The zero-order valence-electron chi connectivity index (χ0n) is 17.0. The Kier molecular flexibility index (Phi) is 6.59. The minimum atomic E-state index is -0.298. The molecule has 3 N–H and O–H groups in total. The molecule has 4 rings (SSSR count). The third kappa shape index (κ3) is 5.28. The molecule has 2 heterocycles. The highest BCUT2D eigenvalue weighted by Crippen LogP contribution is 2.24. The second-order valence-electron chi connectivity index (χ2n) is 7.44. The number of carbonyl (C=O) groups is 2. The van der Waals surface area contributed by atoms with Gasteiger partial charge >= 0.3 is 0 Å². The quantitative estimate of drug-likeness (QED) is 0.564. The molecule has 1 aliphatic rings. The van der Waals surface area contributed by atoms with Crippen molar-refractivity contribution in [3.63, 3.8) is 0 Å². The van der Waals surface area contributed by atoms with E-state index in [1.165, 1.54) is 11.3 Å². The van der Waals surface area contributed by atoms with Crippen LogP contribution in [0.25, 0.3) is 0 Å². The standard InChI is InChI=1S/C23H24N4O3S/c24-22(28)21-9-4-10-27(21)12-17-5-1-2-8-20(17)26-23(29)16-6-3-7-19(11-16)30-13-18-14-31-15-25-18/h1-3,5-8,11,14-15,21H,4,9-10,12-13H2,(H2,24,28)(H,26,29). The van der Waals surface area contributed by atoms with Crippen LogP contribution in [0.3, 0.4) is 0 Å². The number of hydrogen-bond donors (Lipinski definition) is 2. The van der Waals surface area contributed by atoms with Gasteiger partial charge in [-0.1, -0.05) is 24.3 Å². The van der Waals surface area contributed by atoms with Crippen molar-refractivity contribution in [1.29, 1.82) is 0 Å². The van der Waals surface area contributed by atoms with Crippen molar-refractivity contribution in [1.82, 2.24) is 9.88 Å². The second kappa shape index (κ2) is 9.72. The van der Waals surface area contributed by atoms with Crippen LogP contribution >= 0.6 is 11.3 Å². The van der Waals surface area contributed by atoms with Gasteiger partial charge in [-0.25, -0.2) is 4.98 Å². The maximum atomic E-state index is 12.9. The van der Waals surface area contributed by atoms with E-state index >= 15 is 0 Å². The van der Waals surface area contributed by atoms with Crippen molar-refractivity contribution in [3.05, 3.63) is 76.2 Å². The summed E-state index contributed by atoms with van der Waals surface area (Å²) in [5, 5.41) is 4.92. The van der Waals surface area contributed by atoms with Crippen LogP contribution < -0.4 is 15.8 Å². The van der Waals surface area contributed by atoms with E-state index in [-0.39, 0.29) is 17.9 Å². The van der Waals surface area contributed by atoms with Crippen molar-refractivity contribution in [2.45, 2.75) is 32.0 Å². The highest BCUT2D eigenvalue weighted by Gasteiger charge is 2.29. The smallest absolute Gasteiger partial charge is 0.255 e. The molecule has 1 aromatic heterocycles. The van der Waals surface area contributed by atoms with Crippen LogP contribution in [0, 0.1) is 0 Å². The number of nitrogens with zero attached hydrogens (tertiary/aromatic N) is 2. The largest absolute Gasteiger partial charge is 0.487 e. The number of thiazole rings is 1. The molecule has 0 aliphatic carbocycles. The zero-order chi connectivity index (χ0) is 21.6. The van der Waals surface area contributed by atoms with Crippen molar-refractivity contribution < 1.29 is 14.3 Å². The van der Waals surface area contributed by atoms with Gasteiger partial charge in [0, 0.05) is 23.2 Å². The number of benzene rings is 2. The molecule has 0 saturated carbocycles. The summed E-state index contributed by atoms with van der Waals surface area (Å²) in [6.07, 6.45) is 1.72. The van der Waals surface area contributed by atoms with Crippen molar-refractivity contribution in [3.8, 4) is 5.75 Å². The van der Waals surface area contributed by atoms with Crippen LogP contribution in [-0.4, -0.2) is 34.3 Å². The number of carbonyl (C=O) groups excluding carboxylic acids is 2. The molecule has 3 aromatic rings. The van der Waals surface area contributed by atoms with Crippen LogP contribution in [0.2, 0.25) is 0 Å². The third-order valence-corrected chi connectivity index (χ3v) is 5.93. The normalized spacial score (nSPS) is 16.2. The van der Waals surface area contributed by atoms with Gasteiger partial charge < -0.3 is 15.8 Å². The fourth-order valence-corrected chi connectivity index (χ4v) is 4.27. The van der Waals surface area contributed by atoms with Crippen molar-refractivity contribution in [2.75, 3.05) is 11.9 Å². The van der Waals surface area contributed by atoms with Gasteiger partial charge in [-0.3, -0.25) is 14.5 Å². The molecule has 2 amide bonds. The SMILES string of the molecule is NC(=O)C1CCCN1Cc1ccccc1NC(=O)c1cccc(OCc2cscn2)c1. The number of ether oxygens (including phenoxy) is 1. The number of rotatable bonds is 8. The Morgan fingerprint density at radius 3 is 2.90 bits per heavy atom. The molecule has 2 aromatic carbocycles. The molecule has 1 fully saturated rings. The fourth-order valence-electron chi connectivity index (χ4n) is 3.72. The van der Waals surface area contributed by atoms with Gasteiger partial charge in [-0.15, -0.1) is 11.3 Å². The first kappa shape index (κ1) is 21.0. The first-order valence-electron chi connectivity index (χ1n) is 10.1. The molecule has 1 atom stereocenters. The molecule has 1 saturated heterocycles. The monoisotopic (exact) mass is 436 g/mol. The minimum absolute atomic E-state index is 0.223. The van der Waals surface area contributed by atoms with Gasteiger partial charge in [0.15, 0.2) is 0 Å². The summed E-state index contributed by atoms with van der Waals surface area (Å²) in [6.45, 7) is 1.73. The molecule has 8 heteroatoms.